The fourth-order valence-corrected chi connectivity index (χ4v) is 4.09. The van der Waals surface area contributed by atoms with Crippen LogP contribution in [0, 0.1) is 5.82 Å². The van der Waals surface area contributed by atoms with Crippen LogP contribution in [0.25, 0.3) is 22.0 Å². The van der Waals surface area contributed by atoms with E-state index in [1.54, 1.807) is 30.3 Å². The summed E-state index contributed by atoms with van der Waals surface area (Å²) in [6, 6.07) is 23.1. The van der Waals surface area contributed by atoms with Gasteiger partial charge in [-0.15, -0.1) is 0 Å². The Kier molecular flexibility index (Phi) is 5.51. The molecule has 6 nitrogen and oxygen atoms in total. The molecule has 0 radical (unpaired) electrons. The first-order valence-corrected chi connectivity index (χ1v) is 10.7. The largest absolute Gasteiger partial charge is 0.419 e. The third-order valence-electron chi connectivity index (χ3n) is 5.77. The number of cyclic esters (lactones) is 1. The molecule has 1 aliphatic rings. The first kappa shape index (κ1) is 21.3. The predicted octanol–water partition coefficient (Wildman–Crippen LogP) is 4.81. The van der Waals surface area contributed by atoms with Crippen LogP contribution in [0.3, 0.4) is 0 Å². The van der Waals surface area contributed by atoms with E-state index in [0.29, 0.717) is 28.6 Å². The van der Waals surface area contributed by atoms with Crippen molar-refractivity contribution in [2.45, 2.75) is 12.3 Å². The summed E-state index contributed by atoms with van der Waals surface area (Å²) in [5, 5.41) is 3.30. The summed E-state index contributed by atoms with van der Waals surface area (Å²) in [6.07, 6.45) is 1.06. The molecule has 34 heavy (non-hydrogen) atoms. The number of carbonyl (C=O) groups is 2. The molecular weight excluding hydrogens is 435 g/mol. The zero-order chi connectivity index (χ0) is 23.7. The topological polar surface area (TPSA) is 88.3 Å². The van der Waals surface area contributed by atoms with E-state index < -0.39 is 17.9 Å². The Balaban J connectivity index is 1.54. The van der Waals surface area contributed by atoms with Crippen molar-refractivity contribution in [3.63, 3.8) is 0 Å². The van der Waals surface area contributed by atoms with Gasteiger partial charge in [-0.3, -0.25) is 14.9 Å². The van der Waals surface area contributed by atoms with Gasteiger partial charge in [0, 0.05) is 22.6 Å². The monoisotopic (exact) mass is 454 g/mol. The number of fused-ring (bicyclic) bond motifs is 1. The molecule has 0 spiro atoms. The lowest BCUT2D eigenvalue weighted by Gasteiger charge is -2.14. The summed E-state index contributed by atoms with van der Waals surface area (Å²) in [5.74, 6) is -1.65. The van der Waals surface area contributed by atoms with Gasteiger partial charge in [0.1, 0.15) is 5.82 Å². The van der Waals surface area contributed by atoms with Gasteiger partial charge in [0.2, 0.25) is 0 Å². The molecule has 0 aliphatic carbocycles. The van der Waals surface area contributed by atoms with E-state index in [4.69, 9.17) is 4.74 Å². The maximum absolute atomic E-state index is 14.2. The van der Waals surface area contributed by atoms with Gasteiger partial charge in [0.05, 0.1) is 0 Å². The molecule has 1 unspecified atom stereocenters. The van der Waals surface area contributed by atoms with E-state index in [2.05, 4.69) is 10.3 Å². The van der Waals surface area contributed by atoms with E-state index in [-0.39, 0.29) is 17.1 Å². The highest BCUT2D eigenvalue weighted by molar-refractivity contribution is 6.07. The van der Waals surface area contributed by atoms with Crippen LogP contribution in [0.15, 0.2) is 95.5 Å². The lowest BCUT2D eigenvalue weighted by molar-refractivity contribution is -0.116. The predicted molar refractivity (Wildman–Crippen MR) is 126 cm³/mol. The second-order valence-electron chi connectivity index (χ2n) is 8.00. The van der Waals surface area contributed by atoms with Crippen LogP contribution in [-0.4, -0.2) is 17.0 Å². The summed E-state index contributed by atoms with van der Waals surface area (Å²) in [6.45, 7) is 0. The van der Waals surface area contributed by atoms with Crippen molar-refractivity contribution in [3.8, 4) is 11.3 Å². The molecule has 1 atom stereocenters. The summed E-state index contributed by atoms with van der Waals surface area (Å²) in [5.41, 5.74) is 2.21. The normalized spacial score (nSPS) is 15.4. The van der Waals surface area contributed by atoms with Crippen LogP contribution >= 0.6 is 0 Å². The first-order valence-electron chi connectivity index (χ1n) is 10.7. The lowest BCUT2D eigenvalue weighted by atomic mass is 9.91. The van der Waals surface area contributed by atoms with Gasteiger partial charge >= 0.3 is 6.09 Å². The van der Waals surface area contributed by atoms with Crippen LogP contribution in [0.4, 0.5) is 9.18 Å². The zero-order valence-corrected chi connectivity index (χ0v) is 17.9. The van der Waals surface area contributed by atoms with E-state index in [1.807, 2.05) is 42.5 Å². The highest BCUT2D eigenvalue weighted by Crippen LogP contribution is 2.27. The number of rotatable bonds is 5. The average Bonchev–Trinajstić information content (AvgIpc) is 3.15. The molecule has 168 valence electrons. The SMILES string of the molecule is O=C1NC(=O)/C(=C\C(Cc2ccccc2)c2ccc(-c3ccc4cccc(F)c4c3)[nH]c2=O)O1. The molecule has 2 N–H and O–H groups in total. The third kappa shape index (κ3) is 4.23. The Bertz CT molecular complexity index is 1510. The first-order chi connectivity index (χ1) is 16.5. The number of aromatic nitrogens is 1. The molecule has 2 amide bonds. The standard InChI is InChI=1S/C27H19FN2O4/c28-22-8-4-7-17-9-10-18(14-21(17)22)23-12-11-20(25(31)29-23)19(13-16-5-2-1-3-6-16)15-24-26(32)30-27(33)34-24/h1-12,14-15,19H,13H2,(H,29,31)(H,30,32,33)/b24-15+. The summed E-state index contributed by atoms with van der Waals surface area (Å²) in [7, 11) is 0. The van der Waals surface area contributed by atoms with Crippen molar-refractivity contribution in [1.82, 2.24) is 10.3 Å². The van der Waals surface area contributed by atoms with E-state index in [9.17, 15) is 18.8 Å². The number of pyridine rings is 1. The van der Waals surface area contributed by atoms with Crippen molar-refractivity contribution in [1.29, 1.82) is 0 Å². The molecule has 0 bridgehead atoms. The fourth-order valence-electron chi connectivity index (χ4n) is 4.09. The maximum atomic E-state index is 14.2. The van der Waals surface area contributed by atoms with Crippen LogP contribution in [0.2, 0.25) is 0 Å². The van der Waals surface area contributed by atoms with E-state index in [0.717, 1.165) is 10.9 Å². The number of carbonyl (C=O) groups excluding carboxylic acids is 2. The van der Waals surface area contributed by atoms with Gasteiger partial charge in [-0.1, -0.05) is 60.7 Å². The van der Waals surface area contributed by atoms with Gasteiger partial charge in [0.15, 0.2) is 5.76 Å². The minimum atomic E-state index is -0.845. The van der Waals surface area contributed by atoms with E-state index >= 15 is 0 Å². The number of hydrogen-bond donors (Lipinski definition) is 2. The Hall–Kier alpha value is -4.52. The Morgan fingerprint density at radius 2 is 1.74 bits per heavy atom. The van der Waals surface area contributed by atoms with Crippen LogP contribution < -0.4 is 10.9 Å². The van der Waals surface area contributed by atoms with Crippen molar-refractivity contribution in [3.05, 3.63) is 118 Å². The molecule has 4 aromatic rings. The number of hydrogen-bond acceptors (Lipinski definition) is 4. The molecule has 1 aromatic heterocycles. The summed E-state index contributed by atoms with van der Waals surface area (Å²) < 4.78 is 19.2. The van der Waals surface area contributed by atoms with Gasteiger partial charge in [-0.2, -0.15) is 0 Å². The number of allylic oxidation sites excluding steroid dienone is 1. The summed E-state index contributed by atoms with van der Waals surface area (Å²) in [4.78, 5) is 39.5. The quantitative estimate of drug-likeness (QED) is 0.424. The van der Waals surface area contributed by atoms with Crippen molar-refractivity contribution in [2.24, 2.45) is 0 Å². The van der Waals surface area contributed by atoms with E-state index in [1.165, 1.54) is 12.1 Å². The molecule has 1 saturated heterocycles. The van der Waals surface area contributed by atoms with Crippen molar-refractivity contribution >= 4 is 22.8 Å². The minimum absolute atomic E-state index is 0.139. The number of alkyl carbamates (subject to hydrolysis) is 1. The summed E-state index contributed by atoms with van der Waals surface area (Å²) >= 11 is 0. The molecule has 3 aromatic carbocycles. The van der Waals surface area contributed by atoms with Crippen LogP contribution in [0.1, 0.15) is 17.0 Å². The number of imide groups is 1. The van der Waals surface area contributed by atoms with Gasteiger partial charge < -0.3 is 9.72 Å². The van der Waals surface area contributed by atoms with Crippen molar-refractivity contribution in [2.75, 3.05) is 0 Å². The fraction of sp³-hybridized carbons (Fsp3) is 0.0741. The van der Waals surface area contributed by atoms with Crippen LogP contribution in [0.5, 0.6) is 0 Å². The number of amides is 2. The van der Waals surface area contributed by atoms with Gasteiger partial charge in [-0.25, -0.2) is 9.18 Å². The lowest BCUT2D eigenvalue weighted by Crippen LogP contribution is -2.20. The zero-order valence-electron chi connectivity index (χ0n) is 17.9. The number of ether oxygens (including phenoxy) is 1. The number of halogens is 1. The number of benzene rings is 3. The Morgan fingerprint density at radius 3 is 2.47 bits per heavy atom. The molecule has 0 saturated carbocycles. The smallest absolute Gasteiger partial charge is 0.404 e. The molecule has 5 rings (SSSR count). The Labute approximate surface area is 193 Å². The second-order valence-corrected chi connectivity index (χ2v) is 8.00. The van der Waals surface area contributed by atoms with Crippen LogP contribution in [-0.2, 0) is 16.0 Å². The third-order valence-corrected chi connectivity index (χ3v) is 5.77. The second kappa shape index (κ2) is 8.78. The average molecular weight is 454 g/mol. The molecule has 7 heteroatoms. The molecular formula is C27H19FN2O4. The molecule has 1 fully saturated rings. The van der Waals surface area contributed by atoms with Gasteiger partial charge in [-0.05, 0) is 47.2 Å². The number of H-pyrrole nitrogens is 1. The maximum Gasteiger partial charge on any atom is 0.419 e. The van der Waals surface area contributed by atoms with Crippen molar-refractivity contribution < 1.29 is 18.7 Å². The molecule has 1 aliphatic heterocycles. The minimum Gasteiger partial charge on any atom is -0.404 e. The number of nitrogens with one attached hydrogen (secondary N) is 2. The van der Waals surface area contributed by atoms with Gasteiger partial charge in [0.25, 0.3) is 11.5 Å². The highest BCUT2D eigenvalue weighted by atomic mass is 19.1. The highest BCUT2D eigenvalue weighted by Gasteiger charge is 2.28. The molecule has 2 heterocycles. The Morgan fingerprint density at radius 1 is 0.912 bits per heavy atom. The number of aromatic amines is 1.